The topological polar surface area (TPSA) is 62.3 Å². The minimum Gasteiger partial charge on any atom is -0.493 e. The van der Waals surface area contributed by atoms with Crippen LogP contribution in [0.25, 0.3) is 11.0 Å². The van der Waals surface area contributed by atoms with Crippen molar-refractivity contribution in [3.05, 3.63) is 47.8 Å². The molecule has 5 nitrogen and oxygen atoms in total. The maximum Gasteiger partial charge on any atom is 0.163 e. The zero-order valence-corrected chi connectivity index (χ0v) is 14.4. The number of fused-ring (bicyclic) bond motifs is 1. The molecule has 1 aromatic heterocycles. The molecule has 0 radical (unpaired) electrons. The van der Waals surface area contributed by atoms with Gasteiger partial charge in [-0.2, -0.15) is 0 Å². The first-order valence-electron chi connectivity index (χ1n) is 8.11. The van der Waals surface area contributed by atoms with E-state index in [0.717, 1.165) is 41.9 Å². The number of nitrogen functional groups attached to an aromatic ring is 1. The molecule has 5 heteroatoms. The van der Waals surface area contributed by atoms with Crippen molar-refractivity contribution in [3.8, 4) is 11.5 Å². The Bertz CT molecular complexity index is 838. The third kappa shape index (κ3) is 3.02. The summed E-state index contributed by atoms with van der Waals surface area (Å²) >= 11 is 0. The van der Waals surface area contributed by atoms with Crippen LogP contribution in [0.2, 0.25) is 0 Å². The van der Waals surface area contributed by atoms with E-state index >= 15 is 0 Å². The predicted molar refractivity (Wildman–Crippen MR) is 96.8 cm³/mol. The number of hydrogen-bond acceptors (Lipinski definition) is 4. The molecular formula is C19H23N3O2. The van der Waals surface area contributed by atoms with Crippen molar-refractivity contribution < 1.29 is 9.47 Å². The lowest BCUT2D eigenvalue weighted by molar-refractivity contribution is 0.355. The summed E-state index contributed by atoms with van der Waals surface area (Å²) in [7, 11) is 3.29. The summed E-state index contributed by atoms with van der Waals surface area (Å²) in [6, 6.07) is 11.9. The van der Waals surface area contributed by atoms with Gasteiger partial charge >= 0.3 is 0 Å². The number of nitrogens with zero attached hydrogens (tertiary/aromatic N) is 2. The molecule has 0 aliphatic carbocycles. The van der Waals surface area contributed by atoms with E-state index in [1.165, 1.54) is 5.56 Å². The van der Waals surface area contributed by atoms with Gasteiger partial charge in [0.25, 0.3) is 0 Å². The van der Waals surface area contributed by atoms with Gasteiger partial charge in [-0.3, -0.25) is 0 Å². The van der Waals surface area contributed by atoms with Gasteiger partial charge in [-0.05, 0) is 24.1 Å². The number of imidazole rings is 1. The first-order valence-corrected chi connectivity index (χ1v) is 8.11. The molecule has 0 fully saturated rings. The minimum atomic E-state index is 0.699. The summed E-state index contributed by atoms with van der Waals surface area (Å²) in [6.45, 7) is 2.91. The van der Waals surface area contributed by atoms with Gasteiger partial charge < -0.3 is 19.8 Å². The second-order valence-corrected chi connectivity index (χ2v) is 5.80. The van der Waals surface area contributed by atoms with Crippen LogP contribution in [0.3, 0.4) is 0 Å². The van der Waals surface area contributed by atoms with E-state index in [4.69, 9.17) is 20.2 Å². The third-order valence-electron chi connectivity index (χ3n) is 4.13. The lowest BCUT2D eigenvalue weighted by Gasteiger charge is -2.11. The van der Waals surface area contributed by atoms with Gasteiger partial charge in [-0.1, -0.05) is 19.1 Å². The highest BCUT2D eigenvalue weighted by atomic mass is 16.5. The van der Waals surface area contributed by atoms with Gasteiger partial charge in [0.1, 0.15) is 5.82 Å². The van der Waals surface area contributed by atoms with Crippen molar-refractivity contribution in [3.63, 3.8) is 0 Å². The first-order chi connectivity index (χ1) is 11.7. The number of methoxy groups -OCH3 is 2. The summed E-state index contributed by atoms with van der Waals surface area (Å²) in [5, 5.41) is 0. The number of benzene rings is 2. The predicted octanol–water partition coefficient (Wildman–Crippen LogP) is 3.64. The van der Waals surface area contributed by atoms with Crippen LogP contribution in [0.1, 0.15) is 24.7 Å². The molecule has 0 aliphatic heterocycles. The van der Waals surface area contributed by atoms with Crippen molar-refractivity contribution in [1.29, 1.82) is 0 Å². The Hall–Kier alpha value is -2.69. The fraction of sp³-hybridized carbons (Fsp3) is 0.316. The summed E-state index contributed by atoms with van der Waals surface area (Å²) in [4.78, 5) is 4.80. The van der Waals surface area contributed by atoms with E-state index in [9.17, 15) is 0 Å². The second kappa shape index (κ2) is 6.83. The summed E-state index contributed by atoms with van der Waals surface area (Å²) in [5.41, 5.74) is 9.72. The quantitative estimate of drug-likeness (QED) is 0.703. The molecule has 3 aromatic rings. The SMILES string of the molecule is CCCc1nc2cc(OC)c(OC)cc2n1Cc1ccc(N)cc1. The van der Waals surface area contributed by atoms with Crippen LogP contribution in [0.4, 0.5) is 5.69 Å². The highest BCUT2D eigenvalue weighted by Gasteiger charge is 2.15. The molecule has 0 spiro atoms. The van der Waals surface area contributed by atoms with E-state index in [1.807, 2.05) is 24.3 Å². The zero-order valence-electron chi connectivity index (χ0n) is 14.4. The fourth-order valence-corrected chi connectivity index (χ4v) is 2.90. The molecule has 0 unspecified atom stereocenters. The zero-order chi connectivity index (χ0) is 17.1. The lowest BCUT2D eigenvalue weighted by atomic mass is 10.2. The van der Waals surface area contributed by atoms with Gasteiger partial charge in [0.15, 0.2) is 11.5 Å². The smallest absolute Gasteiger partial charge is 0.163 e. The molecule has 0 saturated heterocycles. The minimum absolute atomic E-state index is 0.699. The van der Waals surface area contributed by atoms with Crippen LogP contribution in [-0.4, -0.2) is 23.8 Å². The van der Waals surface area contributed by atoms with Gasteiger partial charge in [0.2, 0.25) is 0 Å². The Kier molecular flexibility index (Phi) is 4.60. The van der Waals surface area contributed by atoms with Gasteiger partial charge in [-0.25, -0.2) is 4.98 Å². The van der Waals surface area contributed by atoms with Crippen molar-refractivity contribution in [2.75, 3.05) is 20.0 Å². The van der Waals surface area contributed by atoms with E-state index < -0.39 is 0 Å². The molecule has 0 aliphatic rings. The number of ether oxygens (including phenoxy) is 2. The molecule has 0 amide bonds. The molecule has 24 heavy (non-hydrogen) atoms. The Balaban J connectivity index is 2.11. The molecule has 2 aromatic carbocycles. The molecule has 1 heterocycles. The van der Waals surface area contributed by atoms with Crippen LogP contribution in [-0.2, 0) is 13.0 Å². The number of hydrogen-bond donors (Lipinski definition) is 1. The Morgan fingerprint density at radius 1 is 1.04 bits per heavy atom. The van der Waals surface area contributed by atoms with Crippen LogP contribution >= 0.6 is 0 Å². The molecule has 126 valence electrons. The average molecular weight is 325 g/mol. The van der Waals surface area contributed by atoms with Crippen molar-refractivity contribution in [1.82, 2.24) is 9.55 Å². The first kappa shape index (κ1) is 16.2. The molecule has 0 bridgehead atoms. The standard InChI is InChI=1S/C19H23N3O2/c1-4-5-19-21-15-10-17(23-2)18(24-3)11-16(15)22(19)12-13-6-8-14(20)9-7-13/h6-11H,4-5,12,20H2,1-3H3. The highest BCUT2D eigenvalue weighted by molar-refractivity contribution is 5.81. The number of nitrogens with two attached hydrogens (primary N) is 1. The number of anilines is 1. The lowest BCUT2D eigenvalue weighted by Crippen LogP contribution is -2.05. The van der Waals surface area contributed by atoms with E-state index in [0.29, 0.717) is 11.5 Å². The van der Waals surface area contributed by atoms with Crippen LogP contribution < -0.4 is 15.2 Å². The number of aryl methyl sites for hydroxylation is 1. The number of aromatic nitrogens is 2. The van der Waals surface area contributed by atoms with Crippen molar-refractivity contribution in [2.45, 2.75) is 26.3 Å². The maximum atomic E-state index is 5.79. The van der Waals surface area contributed by atoms with Crippen molar-refractivity contribution >= 4 is 16.7 Å². The maximum absolute atomic E-state index is 5.79. The van der Waals surface area contributed by atoms with Gasteiger partial charge in [0.05, 0.1) is 25.3 Å². The van der Waals surface area contributed by atoms with Gasteiger partial charge in [0, 0.05) is 30.8 Å². The molecule has 0 saturated carbocycles. The summed E-state index contributed by atoms with van der Waals surface area (Å²) < 4.78 is 13.1. The van der Waals surface area contributed by atoms with E-state index in [-0.39, 0.29) is 0 Å². The molecule has 0 atom stereocenters. The van der Waals surface area contributed by atoms with Crippen LogP contribution in [0, 0.1) is 0 Å². The van der Waals surface area contributed by atoms with Crippen LogP contribution in [0.15, 0.2) is 36.4 Å². The molecular weight excluding hydrogens is 302 g/mol. The summed E-state index contributed by atoms with van der Waals surface area (Å²) in [6.07, 6.45) is 1.97. The second-order valence-electron chi connectivity index (χ2n) is 5.80. The van der Waals surface area contributed by atoms with E-state index in [1.54, 1.807) is 14.2 Å². The Labute approximate surface area is 142 Å². The van der Waals surface area contributed by atoms with Crippen molar-refractivity contribution in [2.24, 2.45) is 0 Å². The van der Waals surface area contributed by atoms with E-state index in [2.05, 4.69) is 23.6 Å². The number of rotatable bonds is 6. The third-order valence-corrected chi connectivity index (χ3v) is 4.13. The van der Waals surface area contributed by atoms with Gasteiger partial charge in [-0.15, -0.1) is 0 Å². The Morgan fingerprint density at radius 2 is 1.71 bits per heavy atom. The highest BCUT2D eigenvalue weighted by Crippen LogP contribution is 2.33. The summed E-state index contributed by atoms with van der Waals surface area (Å²) in [5.74, 6) is 2.48. The van der Waals surface area contributed by atoms with Crippen LogP contribution in [0.5, 0.6) is 11.5 Å². The normalized spacial score (nSPS) is 11.0. The fourth-order valence-electron chi connectivity index (χ4n) is 2.90. The largest absolute Gasteiger partial charge is 0.493 e. The average Bonchev–Trinajstić information content (AvgIpc) is 2.92. The molecule has 3 rings (SSSR count). The molecule has 2 N–H and O–H groups in total. The Morgan fingerprint density at radius 3 is 2.33 bits per heavy atom. The monoisotopic (exact) mass is 325 g/mol.